The Morgan fingerprint density at radius 1 is 1.28 bits per heavy atom. The van der Waals surface area contributed by atoms with Gasteiger partial charge in [-0.25, -0.2) is 0 Å². The van der Waals surface area contributed by atoms with Crippen molar-refractivity contribution in [3.05, 3.63) is 46.8 Å². The maximum Gasteiger partial charge on any atom is 0.435 e. The van der Waals surface area contributed by atoms with Gasteiger partial charge in [-0.15, -0.1) is 0 Å². The number of halogens is 3. The first-order valence-corrected chi connectivity index (χ1v) is 8.26. The van der Waals surface area contributed by atoms with E-state index < -0.39 is 11.9 Å². The average molecular weight is 351 g/mol. The predicted octanol–water partition coefficient (Wildman–Crippen LogP) is 4.42. The molecule has 1 aliphatic carbocycles. The molecule has 0 unspecified atom stereocenters. The van der Waals surface area contributed by atoms with Gasteiger partial charge >= 0.3 is 6.18 Å². The first kappa shape index (κ1) is 17.5. The molecule has 1 saturated carbocycles. The minimum absolute atomic E-state index is 0.0755. The summed E-state index contributed by atoms with van der Waals surface area (Å²) in [6, 6.07) is 6.85. The zero-order valence-electron chi connectivity index (χ0n) is 14.2. The molecule has 25 heavy (non-hydrogen) atoms. The van der Waals surface area contributed by atoms with Crippen LogP contribution in [0.25, 0.3) is 0 Å². The third-order valence-corrected chi connectivity index (χ3v) is 4.31. The van der Waals surface area contributed by atoms with Gasteiger partial charge in [0.05, 0.1) is 0 Å². The van der Waals surface area contributed by atoms with Crippen LogP contribution >= 0.6 is 0 Å². The van der Waals surface area contributed by atoms with Crippen molar-refractivity contribution in [3.8, 4) is 0 Å². The van der Waals surface area contributed by atoms with Gasteiger partial charge in [0.2, 0.25) is 5.91 Å². The Morgan fingerprint density at radius 3 is 2.64 bits per heavy atom. The van der Waals surface area contributed by atoms with Gasteiger partial charge < -0.3 is 5.32 Å². The fraction of sp³-hybridized carbons (Fsp3) is 0.444. The van der Waals surface area contributed by atoms with Crippen LogP contribution in [0.5, 0.6) is 0 Å². The summed E-state index contributed by atoms with van der Waals surface area (Å²) < 4.78 is 40.0. The number of benzene rings is 1. The highest BCUT2D eigenvalue weighted by Crippen LogP contribution is 2.42. The lowest BCUT2D eigenvalue weighted by molar-refractivity contribution is -0.141. The molecule has 7 heteroatoms. The molecule has 0 radical (unpaired) electrons. The highest BCUT2D eigenvalue weighted by Gasteiger charge is 2.37. The normalized spacial score (nSPS) is 14.6. The van der Waals surface area contributed by atoms with Crippen LogP contribution in [0.15, 0.2) is 24.3 Å². The molecule has 0 aliphatic heterocycles. The zero-order valence-corrected chi connectivity index (χ0v) is 14.2. The van der Waals surface area contributed by atoms with Crippen molar-refractivity contribution in [3.63, 3.8) is 0 Å². The number of hydrogen-bond acceptors (Lipinski definition) is 2. The molecule has 1 fully saturated rings. The molecule has 2 aromatic rings. The largest absolute Gasteiger partial charge is 0.435 e. The highest BCUT2D eigenvalue weighted by atomic mass is 19.4. The molecule has 1 amide bonds. The number of carbonyl (C=O) groups is 1. The van der Waals surface area contributed by atoms with Crippen LogP contribution in [-0.2, 0) is 17.5 Å². The van der Waals surface area contributed by atoms with Gasteiger partial charge in [0, 0.05) is 30.3 Å². The maximum atomic E-state index is 12.9. The third kappa shape index (κ3) is 4.21. The minimum atomic E-state index is -4.46. The van der Waals surface area contributed by atoms with Gasteiger partial charge in [-0.2, -0.15) is 18.3 Å². The molecular weight excluding hydrogens is 331 g/mol. The fourth-order valence-electron chi connectivity index (χ4n) is 2.75. The quantitative estimate of drug-likeness (QED) is 0.866. The monoisotopic (exact) mass is 351 g/mol. The van der Waals surface area contributed by atoms with Crippen LogP contribution < -0.4 is 5.32 Å². The summed E-state index contributed by atoms with van der Waals surface area (Å²) in [6.45, 7) is 3.96. The summed E-state index contributed by atoms with van der Waals surface area (Å²) in [5.41, 5.74) is 2.38. The molecule has 4 nitrogen and oxygen atoms in total. The van der Waals surface area contributed by atoms with Crippen LogP contribution in [0.3, 0.4) is 0 Å². The van der Waals surface area contributed by atoms with Crippen LogP contribution in [0.4, 0.5) is 18.9 Å². The molecule has 1 aromatic carbocycles. The molecule has 1 aromatic heterocycles. The van der Waals surface area contributed by atoms with Crippen molar-refractivity contribution in [1.29, 1.82) is 0 Å². The van der Waals surface area contributed by atoms with E-state index in [0.717, 1.165) is 35.7 Å². The molecule has 0 atom stereocenters. The fourth-order valence-corrected chi connectivity index (χ4v) is 2.75. The smallest absolute Gasteiger partial charge is 0.326 e. The first-order chi connectivity index (χ1) is 11.7. The van der Waals surface area contributed by atoms with E-state index in [4.69, 9.17) is 0 Å². The van der Waals surface area contributed by atoms with E-state index >= 15 is 0 Å². The molecule has 0 saturated heterocycles. The first-order valence-electron chi connectivity index (χ1n) is 8.26. The average Bonchev–Trinajstić information content (AvgIpc) is 3.27. The second kappa shape index (κ2) is 6.54. The molecular formula is C18H20F3N3O. The summed E-state index contributed by atoms with van der Waals surface area (Å²) in [6.07, 6.45) is -2.64. The lowest BCUT2D eigenvalue weighted by Gasteiger charge is -2.10. The van der Waals surface area contributed by atoms with Crippen molar-refractivity contribution in [1.82, 2.24) is 9.78 Å². The van der Waals surface area contributed by atoms with Crippen molar-refractivity contribution in [2.45, 2.75) is 51.7 Å². The number of aromatic nitrogens is 2. The van der Waals surface area contributed by atoms with Gasteiger partial charge in [-0.1, -0.05) is 12.1 Å². The summed E-state index contributed by atoms with van der Waals surface area (Å²) in [5.74, 6) is -0.106. The van der Waals surface area contributed by atoms with E-state index in [-0.39, 0.29) is 24.8 Å². The minimum Gasteiger partial charge on any atom is -0.326 e. The second-order valence-corrected chi connectivity index (χ2v) is 6.57. The van der Waals surface area contributed by atoms with Crippen molar-refractivity contribution >= 4 is 11.6 Å². The number of rotatable bonds is 5. The SMILES string of the molecule is Cc1ccc(C)c(NC(=O)CCn2nc(C(F)(F)F)cc2C2CC2)c1. The van der Waals surface area contributed by atoms with E-state index in [9.17, 15) is 18.0 Å². The van der Waals surface area contributed by atoms with E-state index in [1.807, 2.05) is 32.0 Å². The predicted molar refractivity (Wildman–Crippen MR) is 88.4 cm³/mol. The summed E-state index contributed by atoms with van der Waals surface area (Å²) in [5, 5.41) is 6.49. The molecule has 0 spiro atoms. The Hall–Kier alpha value is -2.31. The number of nitrogens with one attached hydrogen (secondary N) is 1. The van der Waals surface area contributed by atoms with E-state index in [1.165, 1.54) is 4.68 Å². The van der Waals surface area contributed by atoms with Crippen LogP contribution in [0, 0.1) is 13.8 Å². The molecule has 1 heterocycles. The number of nitrogens with zero attached hydrogens (tertiary/aromatic N) is 2. The van der Waals surface area contributed by atoms with Crippen molar-refractivity contribution in [2.24, 2.45) is 0 Å². The molecule has 0 bridgehead atoms. The van der Waals surface area contributed by atoms with Gasteiger partial charge in [-0.3, -0.25) is 9.48 Å². The lowest BCUT2D eigenvalue weighted by atomic mass is 10.1. The van der Waals surface area contributed by atoms with Gasteiger partial charge in [0.15, 0.2) is 5.69 Å². The number of aryl methyl sites for hydroxylation is 3. The van der Waals surface area contributed by atoms with E-state index in [1.54, 1.807) is 0 Å². The second-order valence-electron chi connectivity index (χ2n) is 6.57. The van der Waals surface area contributed by atoms with Crippen LogP contribution in [0.2, 0.25) is 0 Å². The molecule has 1 aliphatic rings. The standard InChI is InChI=1S/C18H20F3N3O/c1-11-3-4-12(2)14(9-11)22-17(25)7-8-24-15(13-5-6-13)10-16(23-24)18(19,20)21/h3-4,9-10,13H,5-8H2,1-2H3,(H,22,25). The molecule has 3 rings (SSSR count). The maximum absolute atomic E-state index is 12.9. The molecule has 134 valence electrons. The van der Waals surface area contributed by atoms with Crippen molar-refractivity contribution in [2.75, 3.05) is 5.32 Å². The number of hydrogen-bond donors (Lipinski definition) is 1. The van der Waals surface area contributed by atoms with Gasteiger partial charge in [0.25, 0.3) is 0 Å². The summed E-state index contributed by atoms with van der Waals surface area (Å²) in [7, 11) is 0. The lowest BCUT2D eigenvalue weighted by Crippen LogP contribution is -2.17. The third-order valence-electron chi connectivity index (χ3n) is 4.31. The van der Waals surface area contributed by atoms with Crippen LogP contribution in [-0.4, -0.2) is 15.7 Å². The number of carbonyl (C=O) groups excluding carboxylic acids is 1. The Kier molecular flexibility index (Phi) is 4.58. The van der Waals surface area contributed by atoms with E-state index in [0.29, 0.717) is 5.69 Å². The van der Waals surface area contributed by atoms with E-state index in [2.05, 4.69) is 10.4 Å². The molecule has 1 N–H and O–H groups in total. The highest BCUT2D eigenvalue weighted by molar-refractivity contribution is 5.91. The number of alkyl halides is 3. The Bertz CT molecular complexity index is 791. The summed E-state index contributed by atoms with van der Waals surface area (Å²) >= 11 is 0. The topological polar surface area (TPSA) is 46.9 Å². The number of amides is 1. The van der Waals surface area contributed by atoms with Crippen LogP contribution in [0.1, 0.15) is 47.7 Å². The Labute approximate surface area is 144 Å². The van der Waals surface area contributed by atoms with Gasteiger partial charge in [-0.05, 0) is 49.9 Å². The Balaban J connectivity index is 1.67. The zero-order chi connectivity index (χ0) is 18.2. The summed E-state index contributed by atoms with van der Waals surface area (Å²) in [4.78, 5) is 12.2. The van der Waals surface area contributed by atoms with Crippen molar-refractivity contribution < 1.29 is 18.0 Å². The Morgan fingerprint density at radius 2 is 2.00 bits per heavy atom. The number of anilines is 1. The van der Waals surface area contributed by atoms with Gasteiger partial charge in [0.1, 0.15) is 0 Å².